The molecule has 4 rings (SSSR count). The number of oxazole rings is 1. The summed E-state index contributed by atoms with van der Waals surface area (Å²) in [7, 11) is 4.40. The van der Waals surface area contributed by atoms with Gasteiger partial charge in [0.15, 0.2) is 11.4 Å². The van der Waals surface area contributed by atoms with Crippen LogP contribution in [0, 0.1) is 5.92 Å². The van der Waals surface area contributed by atoms with Gasteiger partial charge in [0.05, 0.1) is 40.1 Å². The van der Waals surface area contributed by atoms with Gasteiger partial charge in [0, 0.05) is 12.3 Å². The smallest absolute Gasteiger partial charge is 0.231 e. The number of hydrogen-bond acceptors (Lipinski definition) is 4. The second-order valence-corrected chi connectivity index (χ2v) is 10.3. The Morgan fingerprint density at radius 1 is 1.00 bits per heavy atom. The fraction of sp³-hybridized carbons (Fsp3) is 0.483. The third kappa shape index (κ3) is 6.15. The summed E-state index contributed by atoms with van der Waals surface area (Å²) in [6.07, 6.45) is 8.28. The normalized spacial score (nSPS) is 16.9. The van der Waals surface area contributed by atoms with Gasteiger partial charge in [-0.25, -0.2) is 4.98 Å². The van der Waals surface area contributed by atoms with Gasteiger partial charge in [-0.2, -0.15) is 0 Å². The van der Waals surface area contributed by atoms with Gasteiger partial charge in [-0.3, -0.25) is 0 Å². The summed E-state index contributed by atoms with van der Waals surface area (Å²) >= 11 is 0. The molecule has 5 heteroatoms. The fourth-order valence-corrected chi connectivity index (χ4v) is 5.16. The number of ether oxygens (including phenoxy) is 1. The van der Waals surface area contributed by atoms with Crippen LogP contribution in [-0.4, -0.2) is 41.8 Å². The Hall–Kier alpha value is -2.47. The van der Waals surface area contributed by atoms with E-state index in [1.54, 1.807) is 6.20 Å². The van der Waals surface area contributed by atoms with E-state index < -0.39 is 5.60 Å². The highest BCUT2D eigenvalue weighted by molar-refractivity contribution is 5.30. The van der Waals surface area contributed by atoms with Crippen molar-refractivity contribution in [3.8, 4) is 0 Å². The summed E-state index contributed by atoms with van der Waals surface area (Å²) < 4.78 is 12.9. The van der Waals surface area contributed by atoms with Crippen molar-refractivity contribution in [1.29, 1.82) is 0 Å². The average molecular weight is 464 g/mol. The summed E-state index contributed by atoms with van der Waals surface area (Å²) in [6.45, 7) is 3.07. The molecular formula is C29H39N2O3+. The van der Waals surface area contributed by atoms with E-state index in [0.717, 1.165) is 67.6 Å². The van der Waals surface area contributed by atoms with Gasteiger partial charge in [-0.1, -0.05) is 79.9 Å². The predicted octanol–water partition coefficient (Wildman–Crippen LogP) is 5.67. The summed E-state index contributed by atoms with van der Waals surface area (Å²) in [5.74, 6) is 1.38. The molecule has 3 aromatic rings. The van der Waals surface area contributed by atoms with Gasteiger partial charge < -0.3 is 18.7 Å². The molecule has 1 aromatic heterocycles. The molecule has 1 N–H and O–H groups in total. The van der Waals surface area contributed by atoms with E-state index >= 15 is 0 Å². The summed E-state index contributed by atoms with van der Waals surface area (Å²) in [4.78, 5) is 4.62. The number of hydrogen-bond donors (Lipinski definition) is 1. The van der Waals surface area contributed by atoms with E-state index in [1.807, 2.05) is 48.5 Å². The van der Waals surface area contributed by atoms with Crippen LogP contribution in [0.3, 0.4) is 0 Å². The van der Waals surface area contributed by atoms with E-state index in [2.05, 4.69) is 31.2 Å². The van der Waals surface area contributed by atoms with Crippen molar-refractivity contribution in [3.63, 3.8) is 0 Å². The van der Waals surface area contributed by atoms with Gasteiger partial charge in [0.25, 0.3) is 0 Å². The lowest BCUT2D eigenvalue weighted by Gasteiger charge is -2.36. The van der Waals surface area contributed by atoms with Gasteiger partial charge in [0.2, 0.25) is 5.89 Å². The minimum atomic E-state index is -1.18. The molecule has 1 fully saturated rings. The first-order chi connectivity index (χ1) is 16.5. The molecule has 182 valence electrons. The second-order valence-electron chi connectivity index (χ2n) is 10.3. The Bertz CT molecular complexity index is 996. The summed E-state index contributed by atoms with van der Waals surface area (Å²) in [6, 6.07) is 20.2. The van der Waals surface area contributed by atoms with Crippen LogP contribution >= 0.6 is 0 Å². The molecule has 2 aromatic carbocycles. The first-order valence-corrected chi connectivity index (χ1v) is 12.6. The molecule has 0 radical (unpaired) electrons. The maximum Gasteiger partial charge on any atom is 0.231 e. The number of aliphatic hydroxyl groups is 1. The highest BCUT2D eigenvalue weighted by Crippen LogP contribution is 2.43. The van der Waals surface area contributed by atoms with Crippen molar-refractivity contribution in [2.45, 2.75) is 57.3 Å². The van der Waals surface area contributed by atoms with E-state index in [0.29, 0.717) is 12.5 Å². The highest BCUT2D eigenvalue weighted by Gasteiger charge is 2.44. The van der Waals surface area contributed by atoms with Gasteiger partial charge in [-0.05, 0) is 24.0 Å². The standard InChI is InChI=1S/C29H39N2O3/c1-31(2,19-12-20-33-23-24-13-6-3-7-14-24)22-27-21-30-28(34-27)29(32,25-15-8-4-9-16-25)26-17-10-5-11-18-26/h3-4,6-9,13-16,21,26,32H,5,10-12,17-20,22-23H2,1-2H3/q+1/t29-/m0/s1. The molecule has 1 aliphatic rings. The van der Waals surface area contributed by atoms with Crippen LogP contribution in [0.25, 0.3) is 0 Å². The summed E-state index contributed by atoms with van der Waals surface area (Å²) in [5.41, 5.74) is 0.899. The second kappa shape index (κ2) is 11.3. The van der Waals surface area contributed by atoms with Crippen molar-refractivity contribution in [3.05, 3.63) is 89.6 Å². The molecule has 0 unspecified atom stereocenters. The Kier molecular flexibility index (Phi) is 8.19. The molecule has 1 saturated carbocycles. The first kappa shape index (κ1) is 24.6. The minimum absolute atomic E-state index is 0.124. The summed E-state index contributed by atoms with van der Waals surface area (Å²) in [5, 5.41) is 12.0. The maximum absolute atomic E-state index is 12.0. The van der Waals surface area contributed by atoms with E-state index in [-0.39, 0.29) is 5.92 Å². The number of aromatic nitrogens is 1. The van der Waals surface area contributed by atoms with E-state index in [9.17, 15) is 5.11 Å². The van der Waals surface area contributed by atoms with Crippen molar-refractivity contribution in [1.82, 2.24) is 4.98 Å². The predicted molar refractivity (Wildman–Crippen MR) is 134 cm³/mol. The van der Waals surface area contributed by atoms with E-state index in [4.69, 9.17) is 9.15 Å². The van der Waals surface area contributed by atoms with Crippen LogP contribution in [-0.2, 0) is 23.5 Å². The van der Waals surface area contributed by atoms with Crippen LogP contribution in [0.15, 0.2) is 71.3 Å². The monoisotopic (exact) mass is 463 g/mol. The molecule has 1 heterocycles. The molecule has 0 aliphatic heterocycles. The Balaban J connectivity index is 1.37. The molecule has 1 atom stereocenters. The number of benzene rings is 2. The third-order valence-electron chi connectivity index (χ3n) is 7.04. The highest BCUT2D eigenvalue weighted by atomic mass is 16.5. The van der Waals surface area contributed by atoms with E-state index in [1.165, 1.54) is 12.0 Å². The topological polar surface area (TPSA) is 55.5 Å². The molecule has 1 aliphatic carbocycles. The quantitative estimate of drug-likeness (QED) is 0.294. The zero-order valence-electron chi connectivity index (χ0n) is 20.7. The Morgan fingerprint density at radius 2 is 1.68 bits per heavy atom. The van der Waals surface area contributed by atoms with Crippen molar-refractivity contribution >= 4 is 0 Å². The largest absolute Gasteiger partial charge is 0.436 e. The van der Waals surface area contributed by atoms with Crippen molar-refractivity contribution in [2.75, 3.05) is 27.2 Å². The van der Waals surface area contributed by atoms with Gasteiger partial charge in [-0.15, -0.1) is 0 Å². The number of quaternary nitrogens is 1. The van der Waals surface area contributed by atoms with Crippen LogP contribution in [0.1, 0.15) is 61.3 Å². The Labute approximate surface area is 204 Å². The van der Waals surface area contributed by atoms with Gasteiger partial charge in [0.1, 0.15) is 6.54 Å². The zero-order valence-corrected chi connectivity index (χ0v) is 20.7. The van der Waals surface area contributed by atoms with Crippen LogP contribution in [0.4, 0.5) is 0 Å². The lowest BCUT2D eigenvalue weighted by atomic mass is 9.73. The molecule has 0 bridgehead atoms. The SMILES string of the molecule is C[N+](C)(CCCOCc1ccccc1)Cc1cnc([C@](O)(c2ccccc2)C2CCCCC2)o1. The fourth-order valence-electron chi connectivity index (χ4n) is 5.16. The van der Waals surface area contributed by atoms with Gasteiger partial charge >= 0.3 is 0 Å². The average Bonchev–Trinajstić information content (AvgIpc) is 3.33. The number of nitrogens with zero attached hydrogens (tertiary/aromatic N) is 2. The van der Waals surface area contributed by atoms with Crippen LogP contribution < -0.4 is 0 Å². The third-order valence-corrected chi connectivity index (χ3v) is 7.04. The van der Waals surface area contributed by atoms with Crippen LogP contribution in [0.5, 0.6) is 0 Å². The first-order valence-electron chi connectivity index (χ1n) is 12.6. The van der Waals surface area contributed by atoms with Crippen molar-refractivity contribution < 1.29 is 18.7 Å². The van der Waals surface area contributed by atoms with Crippen LogP contribution in [0.2, 0.25) is 0 Å². The van der Waals surface area contributed by atoms with Crippen molar-refractivity contribution in [2.24, 2.45) is 5.92 Å². The lowest BCUT2D eigenvalue weighted by molar-refractivity contribution is -0.904. The molecular weight excluding hydrogens is 424 g/mol. The zero-order chi connectivity index (χ0) is 23.9. The number of rotatable bonds is 11. The lowest BCUT2D eigenvalue weighted by Crippen LogP contribution is -2.40. The molecule has 5 nitrogen and oxygen atoms in total. The Morgan fingerprint density at radius 3 is 2.38 bits per heavy atom. The molecule has 0 amide bonds. The molecule has 0 spiro atoms. The maximum atomic E-state index is 12.0. The molecule has 34 heavy (non-hydrogen) atoms. The molecule has 0 saturated heterocycles. The minimum Gasteiger partial charge on any atom is -0.436 e.